The average Bonchev–Trinajstić information content (AvgIpc) is 2.67. The van der Waals surface area contributed by atoms with Crippen LogP contribution in [0.1, 0.15) is 18.4 Å². The molecule has 1 aliphatic heterocycles. The van der Waals surface area contributed by atoms with Crippen molar-refractivity contribution in [3.05, 3.63) is 48.3 Å². The first-order chi connectivity index (χ1) is 12.2. The van der Waals surface area contributed by atoms with Crippen molar-refractivity contribution >= 4 is 23.7 Å². The number of hydrogen-bond acceptors (Lipinski definition) is 6. The Labute approximate surface area is 152 Å². The number of anilines is 1. The first-order valence-electron chi connectivity index (χ1n) is 8.33. The van der Waals surface area contributed by atoms with Crippen LogP contribution in [0.5, 0.6) is 0 Å². The Bertz CT molecular complexity index is 698. The number of hydrogen-bond donors (Lipinski definition) is 1. The second-order valence-electron chi connectivity index (χ2n) is 5.92. The molecule has 2 heterocycles. The lowest BCUT2D eigenvalue weighted by atomic mass is 10.1. The van der Waals surface area contributed by atoms with Crippen LogP contribution in [0.2, 0.25) is 0 Å². The Hall–Kier alpha value is -2.28. The molecule has 0 saturated carbocycles. The van der Waals surface area contributed by atoms with Gasteiger partial charge in [0.25, 0.3) is 0 Å². The standard InChI is InChI=1S/C18H22N4O2S/c1-24-18(23)22-9-5-8-15(12-22)20-16-10-19-11-17(21-16)25-13-14-6-3-2-4-7-14/h2-4,6-7,10-11,15H,5,8-9,12-13H2,1H3,(H,20,21). The fourth-order valence-corrected chi connectivity index (χ4v) is 3.62. The van der Waals surface area contributed by atoms with Crippen molar-refractivity contribution in [1.29, 1.82) is 0 Å². The molecule has 6 nitrogen and oxygen atoms in total. The van der Waals surface area contributed by atoms with E-state index in [1.54, 1.807) is 29.1 Å². The average molecular weight is 358 g/mol. The number of methoxy groups -OCH3 is 1. The summed E-state index contributed by atoms with van der Waals surface area (Å²) in [6, 6.07) is 10.5. The molecule has 1 saturated heterocycles. The molecule has 7 heteroatoms. The van der Waals surface area contributed by atoms with Gasteiger partial charge in [-0.15, -0.1) is 11.8 Å². The van der Waals surface area contributed by atoms with Crippen molar-refractivity contribution in [1.82, 2.24) is 14.9 Å². The van der Waals surface area contributed by atoms with Crippen LogP contribution >= 0.6 is 11.8 Å². The van der Waals surface area contributed by atoms with Gasteiger partial charge in [0.05, 0.1) is 19.5 Å². The molecular formula is C18H22N4O2S. The van der Waals surface area contributed by atoms with Crippen molar-refractivity contribution in [3.63, 3.8) is 0 Å². The van der Waals surface area contributed by atoms with E-state index in [2.05, 4.69) is 27.4 Å². The number of ether oxygens (including phenoxy) is 1. The predicted molar refractivity (Wildman–Crippen MR) is 98.7 cm³/mol. The number of carbonyl (C=O) groups is 1. The number of benzene rings is 1. The van der Waals surface area contributed by atoms with Crippen molar-refractivity contribution in [2.45, 2.75) is 29.7 Å². The summed E-state index contributed by atoms with van der Waals surface area (Å²) in [7, 11) is 1.41. The number of aromatic nitrogens is 2. The maximum atomic E-state index is 11.7. The van der Waals surface area contributed by atoms with Crippen molar-refractivity contribution in [3.8, 4) is 0 Å². The van der Waals surface area contributed by atoms with Crippen molar-refractivity contribution in [2.24, 2.45) is 0 Å². The molecule has 2 aromatic rings. The largest absolute Gasteiger partial charge is 0.453 e. The summed E-state index contributed by atoms with van der Waals surface area (Å²) in [5, 5.41) is 4.28. The van der Waals surface area contributed by atoms with Crippen LogP contribution in [0.15, 0.2) is 47.8 Å². The van der Waals surface area contributed by atoms with E-state index in [9.17, 15) is 4.79 Å². The Balaban J connectivity index is 1.57. The third-order valence-corrected chi connectivity index (χ3v) is 5.02. The Morgan fingerprint density at radius 1 is 1.36 bits per heavy atom. The summed E-state index contributed by atoms with van der Waals surface area (Å²) in [6.07, 6.45) is 5.17. The number of thioether (sulfide) groups is 1. The van der Waals surface area contributed by atoms with Gasteiger partial charge in [0.1, 0.15) is 10.8 Å². The molecule has 3 rings (SSSR count). The highest BCUT2D eigenvalue weighted by Gasteiger charge is 2.24. The molecule has 25 heavy (non-hydrogen) atoms. The molecule has 0 spiro atoms. The lowest BCUT2D eigenvalue weighted by molar-refractivity contribution is 0.113. The minimum atomic E-state index is -0.273. The predicted octanol–water partition coefficient (Wildman–Crippen LogP) is 3.41. The molecule has 132 valence electrons. The molecule has 1 N–H and O–H groups in total. The van der Waals surface area contributed by atoms with E-state index in [4.69, 9.17) is 4.74 Å². The Kier molecular flexibility index (Phi) is 6.11. The van der Waals surface area contributed by atoms with E-state index < -0.39 is 0 Å². The Morgan fingerprint density at radius 2 is 2.20 bits per heavy atom. The molecule has 1 fully saturated rings. The highest BCUT2D eigenvalue weighted by molar-refractivity contribution is 7.98. The lowest BCUT2D eigenvalue weighted by Gasteiger charge is -2.32. The van der Waals surface area contributed by atoms with E-state index in [1.807, 2.05) is 18.2 Å². The number of carbonyl (C=O) groups excluding carboxylic acids is 1. The molecule has 1 aromatic carbocycles. The summed E-state index contributed by atoms with van der Waals surface area (Å²) in [5.74, 6) is 1.60. The minimum absolute atomic E-state index is 0.163. The highest BCUT2D eigenvalue weighted by atomic mass is 32.2. The number of likely N-dealkylation sites (tertiary alicyclic amines) is 1. The van der Waals surface area contributed by atoms with Gasteiger partial charge in [-0.05, 0) is 18.4 Å². The first-order valence-corrected chi connectivity index (χ1v) is 9.31. The van der Waals surface area contributed by atoms with Gasteiger partial charge >= 0.3 is 6.09 Å². The van der Waals surface area contributed by atoms with Crippen LogP contribution in [0, 0.1) is 0 Å². The maximum Gasteiger partial charge on any atom is 0.409 e. The number of piperidine rings is 1. The van der Waals surface area contributed by atoms with Gasteiger partial charge in [0, 0.05) is 24.9 Å². The summed E-state index contributed by atoms with van der Waals surface area (Å²) in [6.45, 7) is 1.36. The number of amides is 1. The third kappa shape index (κ3) is 5.09. The number of nitrogens with one attached hydrogen (secondary N) is 1. The summed E-state index contributed by atoms with van der Waals surface area (Å²) >= 11 is 1.66. The monoisotopic (exact) mass is 358 g/mol. The van der Waals surface area contributed by atoms with E-state index in [0.29, 0.717) is 6.54 Å². The zero-order valence-corrected chi connectivity index (χ0v) is 15.0. The second kappa shape index (κ2) is 8.71. The first kappa shape index (κ1) is 17.5. The fourth-order valence-electron chi connectivity index (χ4n) is 2.82. The lowest BCUT2D eigenvalue weighted by Crippen LogP contribution is -2.45. The van der Waals surface area contributed by atoms with Crippen LogP contribution < -0.4 is 5.32 Å². The second-order valence-corrected chi connectivity index (χ2v) is 6.91. The van der Waals surface area contributed by atoms with Gasteiger partial charge in [-0.2, -0.15) is 0 Å². The zero-order valence-electron chi connectivity index (χ0n) is 14.2. The van der Waals surface area contributed by atoms with Crippen molar-refractivity contribution in [2.75, 3.05) is 25.5 Å². The van der Waals surface area contributed by atoms with Crippen LogP contribution in [0.4, 0.5) is 10.6 Å². The summed E-state index contributed by atoms with van der Waals surface area (Å²) < 4.78 is 4.81. The molecule has 1 unspecified atom stereocenters. The molecule has 1 aliphatic rings. The van der Waals surface area contributed by atoms with Gasteiger partial charge in [0.15, 0.2) is 0 Å². The van der Waals surface area contributed by atoms with Crippen LogP contribution in [-0.2, 0) is 10.5 Å². The summed E-state index contributed by atoms with van der Waals surface area (Å²) in [5.41, 5.74) is 1.26. The van der Waals surface area contributed by atoms with E-state index in [0.717, 1.165) is 36.0 Å². The van der Waals surface area contributed by atoms with Gasteiger partial charge in [0.2, 0.25) is 0 Å². The van der Waals surface area contributed by atoms with Crippen LogP contribution in [0.25, 0.3) is 0 Å². The number of nitrogens with zero attached hydrogens (tertiary/aromatic N) is 3. The topological polar surface area (TPSA) is 67.3 Å². The minimum Gasteiger partial charge on any atom is -0.453 e. The van der Waals surface area contributed by atoms with Crippen LogP contribution in [-0.4, -0.2) is 47.2 Å². The smallest absolute Gasteiger partial charge is 0.409 e. The third-order valence-electron chi connectivity index (χ3n) is 4.05. The normalized spacial score (nSPS) is 17.2. The quantitative estimate of drug-likeness (QED) is 0.826. The molecule has 0 bridgehead atoms. The Morgan fingerprint density at radius 3 is 3.00 bits per heavy atom. The molecular weight excluding hydrogens is 336 g/mol. The van der Waals surface area contributed by atoms with Gasteiger partial charge in [-0.1, -0.05) is 30.3 Å². The van der Waals surface area contributed by atoms with Gasteiger partial charge in [-0.3, -0.25) is 4.98 Å². The maximum absolute atomic E-state index is 11.7. The molecule has 0 aliphatic carbocycles. The SMILES string of the molecule is COC(=O)N1CCCC(Nc2cncc(SCc3ccccc3)n2)C1. The summed E-state index contributed by atoms with van der Waals surface area (Å²) in [4.78, 5) is 22.3. The van der Waals surface area contributed by atoms with Gasteiger partial charge in [-0.25, -0.2) is 9.78 Å². The molecule has 0 radical (unpaired) electrons. The van der Waals surface area contributed by atoms with Crippen molar-refractivity contribution < 1.29 is 9.53 Å². The van der Waals surface area contributed by atoms with E-state index in [-0.39, 0.29) is 12.1 Å². The van der Waals surface area contributed by atoms with E-state index in [1.165, 1.54) is 12.7 Å². The zero-order chi connectivity index (χ0) is 17.5. The molecule has 1 amide bonds. The highest BCUT2D eigenvalue weighted by Crippen LogP contribution is 2.22. The molecule has 1 aromatic heterocycles. The molecule has 1 atom stereocenters. The fraction of sp³-hybridized carbons (Fsp3) is 0.389. The van der Waals surface area contributed by atoms with E-state index >= 15 is 0 Å². The van der Waals surface area contributed by atoms with Crippen LogP contribution in [0.3, 0.4) is 0 Å². The van der Waals surface area contributed by atoms with Gasteiger partial charge < -0.3 is 15.0 Å². The number of rotatable bonds is 5.